The van der Waals surface area contributed by atoms with Crippen LogP contribution < -0.4 is 20.5 Å². The minimum atomic E-state index is -1.01. The fourth-order valence-electron chi connectivity index (χ4n) is 4.88. The first-order valence-corrected chi connectivity index (χ1v) is 13.1. The number of amides is 1. The summed E-state index contributed by atoms with van der Waals surface area (Å²) in [5.74, 6) is 0.574. The molecule has 2 aromatic heterocycles. The summed E-state index contributed by atoms with van der Waals surface area (Å²) in [7, 11) is 1.53. The minimum Gasteiger partial charge on any atom is -0.495 e. The van der Waals surface area contributed by atoms with Crippen LogP contribution in [0.15, 0.2) is 53.7 Å². The van der Waals surface area contributed by atoms with E-state index in [1.54, 1.807) is 30.3 Å². The number of anilines is 1. The third-order valence-corrected chi connectivity index (χ3v) is 7.53. The van der Waals surface area contributed by atoms with E-state index in [-0.39, 0.29) is 17.4 Å². The van der Waals surface area contributed by atoms with Gasteiger partial charge in [-0.15, -0.1) is 0 Å². The Balaban J connectivity index is 1.43. The van der Waals surface area contributed by atoms with E-state index in [1.807, 2.05) is 12.1 Å². The molecule has 1 atom stereocenters. The number of thioether (sulfide) groups is 1. The lowest BCUT2D eigenvalue weighted by molar-refractivity contribution is 0.102. The molecule has 9 nitrogen and oxygen atoms in total. The second kappa shape index (κ2) is 9.73. The third-order valence-electron chi connectivity index (χ3n) is 6.73. The van der Waals surface area contributed by atoms with Crippen molar-refractivity contribution in [1.82, 2.24) is 9.97 Å². The summed E-state index contributed by atoms with van der Waals surface area (Å²) in [4.78, 5) is 26.1. The van der Waals surface area contributed by atoms with Crippen molar-refractivity contribution in [3.8, 4) is 17.2 Å². The van der Waals surface area contributed by atoms with Crippen LogP contribution in [0.25, 0.3) is 5.57 Å². The number of fused-ring (bicyclic) bond motifs is 4. The first-order valence-electron chi connectivity index (χ1n) is 12.1. The van der Waals surface area contributed by atoms with Gasteiger partial charge in [-0.2, -0.15) is 4.39 Å². The Morgan fingerprint density at radius 1 is 1.24 bits per heavy atom. The van der Waals surface area contributed by atoms with E-state index in [9.17, 15) is 4.79 Å². The molecule has 3 N–H and O–H groups in total. The van der Waals surface area contributed by atoms with Crippen LogP contribution in [0.4, 0.5) is 10.1 Å². The molecule has 0 aliphatic carbocycles. The number of halogens is 1. The van der Waals surface area contributed by atoms with Gasteiger partial charge >= 0.3 is 0 Å². The van der Waals surface area contributed by atoms with Crippen molar-refractivity contribution in [2.24, 2.45) is 10.7 Å². The highest BCUT2D eigenvalue weighted by molar-refractivity contribution is 8.13. The van der Waals surface area contributed by atoms with Crippen molar-refractivity contribution in [3.63, 3.8) is 0 Å². The van der Waals surface area contributed by atoms with Gasteiger partial charge in [0.05, 0.1) is 32.2 Å². The fourth-order valence-corrected chi connectivity index (χ4v) is 5.71. The van der Waals surface area contributed by atoms with Crippen LogP contribution in [0.5, 0.6) is 17.2 Å². The van der Waals surface area contributed by atoms with Crippen molar-refractivity contribution in [2.75, 3.05) is 31.4 Å². The molecular weight excluding hydrogens is 509 g/mol. The lowest BCUT2D eigenvalue weighted by Crippen LogP contribution is -2.36. The Morgan fingerprint density at radius 3 is 2.87 bits per heavy atom. The van der Waals surface area contributed by atoms with E-state index >= 15 is 4.39 Å². The van der Waals surface area contributed by atoms with Crippen LogP contribution in [-0.2, 0) is 10.3 Å². The van der Waals surface area contributed by atoms with Gasteiger partial charge in [-0.05, 0) is 54.8 Å². The smallest absolute Gasteiger partial charge is 0.274 e. The molecule has 3 aliphatic heterocycles. The van der Waals surface area contributed by atoms with Gasteiger partial charge < -0.3 is 25.3 Å². The van der Waals surface area contributed by atoms with Crippen LogP contribution in [0.1, 0.15) is 40.2 Å². The lowest BCUT2D eigenvalue weighted by Gasteiger charge is -2.39. The van der Waals surface area contributed by atoms with E-state index < -0.39 is 11.5 Å². The summed E-state index contributed by atoms with van der Waals surface area (Å²) in [6.45, 7) is 0.975. The number of hydrogen-bond donors (Lipinski definition) is 2. The number of nitrogens with one attached hydrogen (secondary N) is 1. The number of methoxy groups -OCH3 is 1. The molecule has 0 fully saturated rings. The highest BCUT2D eigenvalue weighted by Crippen LogP contribution is 2.54. The Bertz CT molecular complexity index is 1490. The number of nitrogens with two attached hydrogens (primary N) is 1. The summed E-state index contributed by atoms with van der Waals surface area (Å²) in [6, 6.07) is 10.2. The van der Waals surface area contributed by atoms with Crippen LogP contribution in [0.2, 0.25) is 0 Å². The Morgan fingerprint density at radius 2 is 2.13 bits per heavy atom. The standard InChI is InChI=1S/C27H24FN5O4S/c1-35-17-5-6-20(30-13-17)25(34)31-16-4-7-22-18(11-16)27(8-10-38-26(29)33-27)19-12-21(15-3-2-9-36-14-15)32-24(28)23(19)37-22/h3-7,11-13H,2,8-10,14H2,1H3,(H2,29,33)(H,31,34)/t27-/m0/s1. The molecule has 0 radical (unpaired) electrons. The average molecular weight is 534 g/mol. The first kappa shape index (κ1) is 24.4. The summed E-state index contributed by atoms with van der Waals surface area (Å²) in [5.41, 5.74) is 8.50. The van der Waals surface area contributed by atoms with Crippen molar-refractivity contribution >= 4 is 34.1 Å². The zero-order valence-electron chi connectivity index (χ0n) is 20.5. The van der Waals surface area contributed by atoms with Gasteiger partial charge in [0.2, 0.25) is 0 Å². The second-order valence-corrected chi connectivity index (χ2v) is 10.1. The number of benzene rings is 1. The summed E-state index contributed by atoms with van der Waals surface area (Å²) < 4.78 is 32.2. The molecular formula is C27H24FN5O4S. The molecule has 0 unspecified atom stereocenters. The largest absolute Gasteiger partial charge is 0.495 e. The number of pyridine rings is 2. The van der Waals surface area contributed by atoms with E-state index in [2.05, 4.69) is 15.3 Å². The predicted molar refractivity (Wildman–Crippen MR) is 142 cm³/mol. The Kier molecular flexibility index (Phi) is 6.24. The van der Waals surface area contributed by atoms with Gasteiger partial charge in [0.25, 0.3) is 11.9 Å². The van der Waals surface area contributed by atoms with Crippen LogP contribution in [0.3, 0.4) is 0 Å². The molecule has 1 aromatic carbocycles. The van der Waals surface area contributed by atoms with Gasteiger partial charge in [0.1, 0.15) is 22.7 Å². The molecule has 1 spiro atoms. The maximum absolute atomic E-state index is 15.4. The van der Waals surface area contributed by atoms with Gasteiger partial charge in [0, 0.05) is 22.6 Å². The molecule has 1 amide bonds. The van der Waals surface area contributed by atoms with Gasteiger partial charge in [-0.3, -0.25) is 4.79 Å². The van der Waals surface area contributed by atoms with Crippen molar-refractivity contribution in [2.45, 2.75) is 18.4 Å². The normalized spacial score (nSPS) is 19.9. The number of amidine groups is 1. The molecule has 11 heteroatoms. The van der Waals surface area contributed by atoms with Crippen LogP contribution in [0, 0.1) is 5.95 Å². The quantitative estimate of drug-likeness (QED) is 0.471. The number of carbonyl (C=O) groups is 1. The molecule has 3 aromatic rings. The van der Waals surface area contributed by atoms with E-state index in [1.165, 1.54) is 25.1 Å². The van der Waals surface area contributed by atoms with Crippen molar-refractivity contribution < 1.29 is 23.4 Å². The number of aliphatic imine (C=N–C) groups is 1. The van der Waals surface area contributed by atoms with Gasteiger partial charge in [-0.1, -0.05) is 17.8 Å². The number of ether oxygens (including phenoxy) is 3. The molecule has 0 saturated heterocycles. The number of nitrogens with zero attached hydrogens (tertiary/aromatic N) is 3. The minimum absolute atomic E-state index is 0.0289. The lowest BCUT2D eigenvalue weighted by atomic mass is 9.78. The fraction of sp³-hybridized carbons (Fsp3) is 0.259. The zero-order valence-corrected chi connectivity index (χ0v) is 21.3. The molecule has 6 rings (SSSR count). The third kappa shape index (κ3) is 4.27. The van der Waals surface area contributed by atoms with E-state index in [0.717, 1.165) is 12.0 Å². The average Bonchev–Trinajstić information content (AvgIpc) is 2.94. The van der Waals surface area contributed by atoms with Crippen molar-refractivity contribution in [1.29, 1.82) is 0 Å². The predicted octanol–water partition coefficient (Wildman–Crippen LogP) is 4.48. The molecule has 0 saturated carbocycles. The molecule has 194 valence electrons. The summed E-state index contributed by atoms with van der Waals surface area (Å²) >= 11 is 1.44. The monoisotopic (exact) mass is 533 g/mol. The number of aromatic nitrogens is 2. The number of carbonyl (C=O) groups excluding carboxylic acids is 1. The van der Waals surface area contributed by atoms with E-state index in [4.69, 9.17) is 24.9 Å². The molecule has 38 heavy (non-hydrogen) atoms. The molecule has 0 bridgehead atoms. The summed E-state index contributed by atoms with van der Waals surface area (Å²) in [6.07, 6.45) is 4.77. The SMILES string of the molecule is COc1ccc(C(=O)Nc2ccc3c(c2)[C@@]2(CCSC(N)=N2)c2cc(C4=CCCOC4)nc(F)c2O3)nc1. The first-order chi connectivity index (χ1) is 18.5. The maximum Gasteiger partial charge on any atom is 0.274 e. The van der Waals surface area contributed by atoms with Gasteiger partial charge in [0.15, 0.2) is 10.9 Å². The van der Waals surface area contributed by atoms with Crippen LogP contribution in [-0.4, -0.2) is 47.1 Å². The number of rotatable bonds is 4. The Labute approximate surface area is 222 Å². The Hall–Kier alpha value is -3.96. The maximum atomic E-state index is 15.4. The van der Waals surface area contributed by atoms with E-state index in [0.29, 0.717) is 64.6 Å². The molecule has 3 aliphatic rings. The highest BCUT2D eigenvalue weighted by Gasteiger charge is 2.46. The molecule has 5 heterocycles. The zero-order chi connectivity index (χ0) is 26.3. The summed E-state index contributed by atoms with van der Waals surface area (Å²) in [5, 5.41) is 3.28. The van der Waals surface area contributed by atoms with Crippen LogP contribution >= 0.6 is 11.8 Å². The second-order valence-electron chi connectivity index (χ2n) is 9.00. The van der Waals surface area contributed by atoms with Gasteiger partial charge in [-0.25, -0.2) is 15.0 Å². The topological polar surface area (TPSA) is 121 Å². The van der Waals surface area contributed by atoms with Crippen molar-refractivity contribution in [3.05, 3.63) is 77.1 Å². The number of hydrogen-bond acceptors (Lipinski definition) is 9. The highest BCUT2D eigenvalue weighted by atomic mass is 32.2.